The van der Waals surface area contributed by atoms with Gasteiger partial charge in [-0.25, -0.2) is 0 Å². The van der Waals surface area contributed by atoms with Crippen molar-refractivity contribution >= 4 is 29.1 Å². The second-order valence-corrected chi connectivity index (χ2v) is 7.27. The molecule has 1 fully saturated rings. The van der Waals surface area contributed by atoms with Gasteiger partial charge >= 0.3 is 0 Å². The molecule has 1 saturated carbocycles. The smallest absolute Gasteiger partial charge is 0.248 e. The van der Waals surface area contributed by atoms with Crippen LogP contribution in [0, 0.1) is 0 Å². The number of carbonyl (C=O) groups is 1. The molecule has 3 N–H and O–H groups in total. The minimum atomic E-state index is -0.402. The Bertz CT molecular complexity index is 740. The quantitative estimate of drug-likeness (QED) is 0.804. The number of primary amides is 1. The zero-order valence-electron chi connectivity index (χ0n) is 13.3. The van der Waals surface area contributed by atoms with Crippen LogP contribution in [0.15, 0.2) is 42.5 Å². The molecule has 126 valence electrons. The summed E-state index contributed by atoms with van der Waals surface area (Å²) in [5.74, 6) is -0.402. The summed E-state index contributed by atoms with van der Waals surface area (Å²) in [5.41, 5.74) is 8.18. The lowest BCUT2D eigenvalue weighted by Crippen LogP contribution is -2.43. The van der Waals surface area contributed by atoms with Crippen LogP contribution in [0.1, 0.15) is 40.7 Å². The largest absolute Gasteiger partial charge is 0.366 e. The lowest BCUT2D eigenvalue weighted by Gasteiger charge is -2.43. The van der Waals surface area contributed by atoms with Crippen molar-refractivity contribution in [1.29, 1.82) is 0 Å². The SMILES string of the molecule is NC(=O)c1ccc(CNCC2(c3ccc(Cl)cc3Cl)CCC2)cc1. The third-order valence-corrected chi connectivity index (χ3v) is 5.39. The molecule has 0 aliphatic heterocycles. The first-order valence-electron chi connectivity index (χ1n) is 8.05. The van der Waals surface area contributed by atoms with Gasteiger partial charge in [0, 0.05) is 34.1 Å². The van der Waals surface area contributed by atoms with Gasteiger partial charge in [-0.05, 0) is 48.2 Å². The molecule has 5 heteroatoms. The molecular formula is C19H20Cl2N2O. The Balaban J connectivity index is 1.65. The Kier molecular flexibility index (Phi) is 5.14. The topological polar surface area (TPSA) is 55.1 Å². The maximum absolute atomic E-state index is 11.1. The molecule has 1 amide bonds. The predicted octanol–water partition coefficient (Wildman–Crippen LogP) is 4.30. The highest BCUT2D eigenvalue weighted by molar-refractivity contribution is 6.35. The molecule has 0 aromatic heterocycles. The van der Waals surface area contributed by atoms with Gasteiger partial charge in [0.25, 0.3) is 0 Å². The van der Waals surface area contributed by atoms with Gasteiger partial charge in [-0.15, -0.1) is 0 Å². The van der Waals surface area contributed by atoms with Crippen molar-refractivity contribution in [2.24, 2.45) is 5.73 Å². The van der Waals surface area contributed by atoms with E-state index in [-0.39, 0.29) is 5.41 Å². The van der Waals surface area contributed by atoms with Gasteiger partial charge in [0.15, 0.2) is 0 Å². The highest BCUT2D eigenvalue weighted by atomic mass is 35.5. The van der Waals surface area contributed by atoms with Crippen LogP contribution in [0.5, 0.6) is 0 Å². The molecule has 1 aliphatic carbocycles. The number of amides is 1. The fraction of sp³-hybridized carbons (Fsp3) is 0.316. The van der Waals surface area contributed by atoms with E-state index in [9.17, 15) is 4.79 Å². The molecule has 2 aromatic carbocycles. The lowest BCUT2D eigenvalue weighted by molar-refractivity contribution is 0.100. The first-order valence-corrected chi connectivity index (χ1v) is 8.81. The minimum Gasteiger partial charge on any atom is -0.366 e. The van der Waals surface area contributed by atoms with E-state index in [0.717, 1.165) is 36.5 Å². The zero-order chi connectivity index (χ0) is 17.2. The average Bonchev–Trinajstić information content (AvgIpc) is 2.51. The highest BCUT2D eigenvalue weighted by Crippen LogP contribution is 2.46. The molecule has 0 saturated heterocycles. The monoisotopic (exact) mass is 362 g/mol. The molecule has 1 aliphatic rings. The van der Waals surface area contributed by atoms with Gasteiger partial charge in [-0.1, -0.05) is 47.8 Å². The summed E-state index contributed by atoms with van der Waals surface area (Å²) in [6, 6.07) is 13.1. The number of hydrogen-bond acceptors (Lipinski definition) is 2. The molecule has 0 bridgehead atoms. The van der Waals surface area contributed by atoms with Gasteiger partial charge in [0.1, 0.15) is 0 Å². The van der Waals surface area contributed by atoms with E-state index in [1.165, 1.54) is 12.0 Å². The Morgan fingerprint density at radius 2 is 1.83 bits per heavy atom. The first kappa shape index (κ1) is 17.3. The third kappa shape index (κ3) is 3.59. The molecule has 2 aromatic rings. The molecule has 24 heavy (non-hydrogen) atoms. The fourth-order valence-electron chi connectivity index (χ4n) is 3.30. The lowest BCUT2D eigenvalue weighted by atomic mass is 9.64. The summed E-state index contributed by atoms with van der Waals surface area (Å²) in [5, 5.41) is 4.94. The maximum atomic E-state index is 11.1. The van der Waals surface area contributed by atoms with Crippen molar-refractivity contribution in [3.63, 3.8) is 0 Å². The molecule has 0 spiro atoms. The number of halogens is 2. The van der Waals surface area contributed by atoms with Crippen LogP contribution in [0.25, 0.3) is 0 Å². The number of benzene rings is 2. The molecule has 3 nitrogen and oxygen atoms in total. The summed E-state index contributed by atoms with van der Waals surface area (Å²) in [6.45, 7) is 1.61. The summed E-state index contributed by atoms with van der Waals surface area (Å²) in [7, 11) is 0. The van der Waals surface area contributed by atoms with E-state index in [0.29, 0.717) is 10.6 Å². The standard InChI is InChI=1S/C19H20Cl2N2O/c20-15-6-7-16(17(21)10-15)19(8-1-9-19)12-23-11-13-2-4-14(5-3-13)18(22)24/h2-7,10,23H,1,8-9,11-12H2,(H2,22,24). The fourth-order valence-corrected chi connectivity index (χ4v) is 3.91. The number of carbonyl (C=O) groups excluding carboxylic acids is 1. The van der Waals surface area contributed by atoms with Crippen molar-refractivity contribution in [2.75, 3.05) is 6.54 Å². The Labute approximate surface area is 152 Å². The highest BCUT2D eigenvalue weighted by Gasteiger charge is 2.39. The van der Waals surface area contributed by atoms with Crippen LogP contribution in [0.3, 0.4) is 0 Å². The van der Waals surface area contributed by atoms with Gasteiger partial charge in [-0.3, -0.25) is 4.79 Å². The van der Waals surface area contributed by atoms with Gasteiger partial charge in [0.2, 0.25) is 5.91 Å². The van der Waals surface area contributed by atoms with E-state index >= 15 is 0 Å². The van der Waals surface area contributed by atoms with Crippen molar-refractivity contribution in [3.8, 4) is 0 Å². The normalized spacial score (nSPS) is 15.8. The molecule has 0 heterocycles. The summed E-state index contributed by atoms with van der Waals surface area (Å²) < 4.78 is 0. The number of hydrogen-bond donors (Lipinski definition) is 2. The first-order chi connectivity index (χ1) is 11.5. The van der Waals surface area contributed by atoms with Crippen molar-refractivity contribution < 1.29 is 4.79 Å². The maximum Gasteiger partial charge on any atom is 0.248 e. The number of rotatable bonds is 6. The predicted molar refractivity (Wildman–Crippen MR) is 98.7 cm³/mol. The Morgan fingerprint density at radius 1 is 1.12 bits per heavy atom. The van der Waals surface area contributed by atoms with E-state index in [4.69, 9.17) is 28.9 Å². The van der Waals surface area contributed by atoms with E-state index in [1.807, 2.05) is 30.3 Å². The van der Waals surface area contributed by atoms with Crippen LogP contribution < -0.4 is 11.1 Å². The minimum absolute atomic E-state index is 0.0921. The van der Waals surface area contributed by atoms with Gasteiger partial charge < -0.3 is 11.1 Å². The van der Waals surface area contributed by atoms with E-state index in [2.05, 4.69) is 5.32 Å². The summed E-state index contributed by atoms with van der Waals surface area (Å²) >= 11 is 12.4. The summed E-state index contributed by atoms with van der Waals surface area (Å²) in [6.07, 6.45) is 3.47. The van der Waals surface area contributed by atoms with E-state index in [1.54, 1.807) is 12.1 Å². The van der Waals surface area contributed by atoms with Crippen molar-refractivity contribution in [3.05, 3.63) is 69.2 Å². The van der Waals surface area contributed by atoms with Crippen LogP contribution in [0.4, 0.5) is 0 Å². The third-order valence-electron chi connectivity index (χ3n) is 4.84. The second-order valence-electron chi connectivity index (χ2n) is 6.42. The van der Waals surface area contributed by atoms with Crippen LogP contribution in [-0.2, 0) is 12.0 Å². The molecule has 0 radical (unpaired) electrons. The van der Waals surface area contributed by atoms with Crippen molar-refractivity contribution in [1.82, 2.24) is 5.32 Å². The van der Waals surface area contributed by atoms with Crippen LogP contribution >= 0.6 is 23.2 Å². The number of nitrogens with one attached hydrogen (secondary N) is 1. The zero-order valence-corrected chi connectivity index (χ0v) is 14.8. The molecular weight excluding hydrogens is 343 g/mol. The van der Waals surface area contributed by atoms with Crippen LogP contribution in [-0.4, -0.2) is 12.5 Å². The molecule has 3 rings (SSSR count). The Hall–Kier alpha value is -1.55. The second kappa shape index (κ2) is 7.14. The number of nitrogens with two attached hydrogens (primary N) is 1. The van der Waals surface area contributed by atoms with Gasteiger partial charge in [0.05, 0.1) is 0 Å². The Morgan fingerprint density at radius 3 is 2.38 bits per heavy atom. The molecule has 0 unspecified atom stereocenters. The average molecular weight is 363 g/mol. The van der Waals surface area contributed by atoms with Crippen molar-refractivity contribution in [2.45, 2.75) is 31.2 Å². The van der Waals surface area contributed by atoms with Crippen LogP contribution in [0.2, 0.25) is 10.0 Å². The van der Waals surface area contributed by atoms with Gasteiger partial charge in [-0.2, -0.15) is 0 Å². The van der Waals surface area contributed by atoms with E-state index < -0.39 is 5.91 Å². The summed E-state index contributed by atoms with van der Waals surface area (Å²) in [4.78, 5) is 11.1. The molecule has 0 atom stereocenters.